The Labute approximate surface area is 118 Å². The van der Waals surface area contributed by atoms with Gasteiger partial charge in [-0.25, -0.2) is 0 Å². The van der Waals surface area contributed by atoms with Crippen LogP contribution in [0.4, 0.5) is 0 Å². The van der Waals surface area contributed by atoms with Crippen LogP contribution in [0.5, 0.6) is 0 Å². The SMILES string of the molecule is CCCCC(CCCC)(C(=O)O)C(C(=O)O)S(=O)(=O)O. The molecule has 0 aliphatic carbocycles. The lowest BCUT2D eigenvalue weighted by molar-refractivity contribution is -0.156. The van der Waals surface area contributed by atoms with Crippen molar-refractivity contribution in [2.45, 2.75) is 57.6 Å². The van der Waals surface area contributed by atoms with E-state index in [-0.39, 0.29) is 12.8 Å². The minimum Gasteiger partial charge on any atom is -0.481 e. The summed E-state index contributed by atoms with van der Waals surface area (Å²) in [7, 11) is -5.01. The second-order valence-electron chi connectivity index (χ2n) is 4.90. The van der Waals surface area contributed by atoms with E-state index in [1.807, 2.05) is 0 Å². The highest BCUT2D eigenvalue weighted by Crippen LogP contribution is 2.39. The van der Waals surface area contributed by atoms with E-state index in [1.165, 1.54) is 0 Å². The molecule has 20 heavy (non-hydrogen) atoms. The van der Waals surface area contributed by atoms with Gasteiger partial charge in [-0.3, -0.25) is 14.1 Å². The molecule has 3 N–H and O–H groups in total. The van der Waals surface area contributed by atoms with E-state index in [9.17, 15) is 23.1 Å². The first-order valence-electron chi connectivity index (χ1n) is 6.56. The summed E-state index contributed by atoms with van der Waals surface area (Å²) in [5, 5.41) is 16.2. The molecule has 0 aromatic heterocycles. The van der Waals surface area contributed by atoms with Crippen molar-refractivity contribution in [1.29, 1.82) is 0 Å². The van der Waals surface area contributed by atoms with Gasteiger partial charge < -0.3 is 10.2 Å². The summed E-state index contributed by atoms with van der Waals surface area (Å²) in [6, 6.07) is 0. The Hall–Kier alpha value is -1.15. The Morgan fingerprint density at radius 2 is 1.45 bits per heavy atom. The van der Waals surface area contributed by atoms with E-state index in [0.717, 1.165) is 0 Å². The number of hydrogen-bond donors (Lipinski definition) is 3. The Bertz CT molecular complexity index is 433. The van der Waals surface area contributed by atoms with Crippen molar-refractivity contribution in [2.24, 2.45) is 5.41 Å². The summed E-state index contributed by atoms with van der Waals surface area (Å²) in [5.74, 6) is -3.33. The second kappa shape index (κ2) is 7.58. The molecule has 0 rings (SSSR count). The maximum atomic E-state index is 11.6. The van der Waals surface area contributed by atoms with E-state index in [4.69, 9.17) is 9.66 Å². The number of aliphatic carboxylic acids is 2. The molecule has 0 spiro atoms. The molecule has 7 nitrogen and oxygen atoms in total. The van der Waals surface area contributed by atoms with Crippen LogP contribution in [0.25, 0.3) is 0 Å². The summed E-state index contributed by atoms with van der Waals surface area (Å²) < 4.78 is 31.9. The summed E-state index contributed by atoms with van der Waals surface area (Å²) in [5.41, 5.74) is -1.99. The quantitative estimate of drug-likeness (QED) is 0.524. The molecule has 0 radical (unpaired) electrons. The van der Waals surface area contributed by atoms with Gasteiger partial charge in [-0.1, -0.05) is 39.5 Å². The predicted molar refractivity (Wildman–Crippen MR) is 72.1 cm³/mol. The second-order valence-corrected chi connectivity index (χ2v) is 6.40. The molecule has 8 heteroatoms. The Kier molecular flexibility index (Phi) is 7.15. The standard InChI is InChI=1S/C12H22O7S/c1-3-5-7-12(11(15)16,8-6-4-2)9(10(13)14)20(17,18)19/h9H,3-8H2,1-2H3,(H,13,14)(H,15,16)(H,17,18,19). The predicted octanol–water partition coefficient (Wildman–Crippen LogP) is 1.78. The minimum absolute atomic E-state index is 0.102. The number of carboxylic acids is 2. The maximum Gasteiger partial charge on any atom is 0.325 e. The van der Waals surface area contributed by atoms with Gasteiger partial charge in [0.2, 0.25) is 0 Å². The van der Waals surface area contributed by atoms with E-state index in [1.54, 1.807) is 13.8 Å². The van der Waals surface area contributed by atoms with Crippen molar-refractivity contribution in [1.82, 2.24) is 0 Å². The third kappa shape index (κ3) is 4.45. The molecular formula is C12H22O7S. The zero-order valence-corrected chi connectivity index (χ0v) is 12.5. The number of unbranched alkanes of at least 4 members (excludes halogenated alkanes) is 2. The molecule has 0 saturated heterocycles. The van der Waals surface area contributed by atoms with Crippen molar-refractivity contribution in [3.63, 3.8) is 0 Å². The van der Waals surface area contributed by atoms with E-state index in [2.05, 4.69) is 0 Å². The molecule has 0 saturated carbocycles. The molecule has 0 aliphatic rings. The fourth-order valence-electron chi connectivity index (χ4n) is 2.35. The van der Waals surface area contributed by atoms with Gasteiger partial charge in [0.05, 0.1) is 5.41 Å². The fraction of sp³-hybridized carbons (Fsp3) is 0.833. The zero-order valence-electron chi connectivity index (χ0n) is 11.7. The van der Waals surface area contributed by atoms with Crippen LogP contribution in [0.3, 0.4) is 0 Å². The molecule has 118 valence electrons. The van der Waals surface area contributed by atoms with Crippen molar-refractivity contribution < 1.29 is 32.8 Å². The molecule has 1 unspecified atom stereocenters. The van der Waals surface area contributed by atoms with E-state index >= 15 is 0 Å². The van der Waals surface area contributed by atoms with Crippen molar-refractivity contribution in [2.75, 3.05) is 0 Å². The Balaban J connectivity index is 5.87. The maximum absolute atomic E-state index is 11.6. The van der Waals surface area contributed by atoms with Crippen LogP contribution in [-0.4, -0.2) is 40.4 Å². The van der Waals surface area contributed by atoms with Gasteiger partial charge in [0, 0.05) is 0 Å². The van der Waals surface area contributed by atoms with Crippen molar-refractivity contribution in [3.05, 3.63) is 0 Å². The van der Waals surface area contributed by atoms with Gasteiger partial charge in [-0.15, -0.1) is 0 Å². The van der Waals surface area contributed by atoms with Gasteiger partial charge in [0.15, 0.2) is 5.25 Å². The topological polar surface area (TPSA) is 129 Å². The number of carboxylic acid groups (broad SMARTS) is 2. The molecule has 0 bridgehead atoms. The van der Waals surface area contributed by atoms with Crippen molar-refractivity contribution >= 4 is 22.1 Å². The number of rotatable bonds is 10. The first-order valence-corrected chi connectivity index (χ1v) is 8.06. The third-order valence-corrected chi connectivity index (χ3v) is 4.65. The highest BCUT2D eigenvalue weighted by molar-refractivity contribution is 7.87. The van der Waals surface area contributed by atoms with Gasteiger partial charge in [0.1, 0.15) is 0 Å². The molecule has 0 aromatic rings. The Morgan fingerprint density at radius 1 is 1.05 bits per heavy atom. The van der Waals surface area contributed by atoms with E-state index < -0.39 is 32.7 Å². The lowest BCUT2D eigenvalue weighted by Crippen LogP contribution is -2.51. The molecule has 0 amide bonds. The van der Waals surface area contributed by atoms with Crippen LogP contribution in [0.1, 0.15) is 52.4 Å². The lowest BCUT2D eigenvalue weighted by atomic mass is 9.75. The fourth-order valence-corrected chi connectivity index (χ4v) is 3.51. The van der Waals surface area contributed by atoms with Crippen LogP contribution in [0, 0.1) is 5.41 Å². The first kappa shape index (κ1) is 18.9. The highest BCUT2D eigenvalue weighted by atomic mass is 32.2. The Morgan fingerprint density at radius 3 is 1.65 bits per heavy atom. The highest BCUT2D eigenvalue weighted by Gasteiger charge is 2.55. The molecular weight excluding hydrogens is 288 g/mol. The number of carbonyl (C=O) groups is 2. The van der Waals surface area contributed by atoms with Crippen LogP contribution >= 0.6 is 0 Å². The first-order chi connectivity index (χ1) is 9.13. The molecule has 0 aliphatic heterocycles. The molecule has 0 fully saturated rings. The monoisotopic (exact) mass is 310 g/mol. The van der Waals surface area contributed by atoms with Crippen LogP contribution in [0.15, 0.2) is 0 Å². The van der Waals surface area contributed by atoms with Gasteiger partial charge in [0.25, 0.3) is 10.1 Å². The smallest absolute Gasteiger partial charge is 0.325 e. The lowest BCUT2D eigenvalue weighted by Gasteiger charge is -2.33. The van der Waals surface area contributed by atoms with E-state index in [0.29, 0.717) is 25.7 Å². The minimum atomic E-state index is -5.01. The van der Waals surface area contributed by atoms with Gasteiger partial charge in [-0.05, 0) is 12.8 Å². The largest absolute Gasteiger partial charge is 0.481 e. The van der Waals surface area contributed by atoms with Crippen LogP contribution < -0.4 is 0 Å². The average Bonchev–Trinajstić information content (AvgIpc) is 2.29. The summed E-state index contributed by atoms with van der Waals surface area (Å²) >= 11 is 0. The van der Waals surface area contributed by atoms with Gasteiger partial charge in [-0.2, -0.15) is 8.42 Å². The zero-order chi connectivity index (χ0) is 16.0. The van der Waals surface area contributed by atoms with Crippen LogP contribution in [0.2, 0.25) is 0 Å². The molecule has 0 heterocycles. The third-order valence-electron chi connectivity index (χ3n) is 3.40. The summed E-state index contributed by atoms with van der Waals surface area (Å²) in [6.07, 6.45) is 1.73. The van der Waals surface area contributed by atoms with Crippen LogP contribution in [-0.2, 0) is 19.7 Å². The van der Waals surface area contributed by atoms with Gasteiger partial charge >= 0.3 is 11.9 Å². The average molecular weight is 310 g/mol. The number of hydrogen-bond acceptors (Lipinski definition) is 4. The summed E-state index contributed by atoms with van der Waals surface area (Å²) in [4.78, 5) is 22.8. The normalized spacial score (nSPS) is 13.9. The van der Waals surface area contributed by atoms with Crippen molar-refractivity contribution in [3.8, 4) is 0 Å². The summed E-state index contributed by atoms with van der Waals surface area (Å²) in [6.45, 7) is 3.57. The molecule has 1 atom stereocenters. The molecule has 0 aromatic carbocycles.